The first-order valence-electron chi connectivity index (χ1n) is 5.83. The molecule has 1 aromatic carbocycles. The van der Waals surface area contributed by atoms with E-state index in [1.807, 2.05) is 0 Å². The lowest BCUT2D eigenvalue weighted by atomic mass is 10.1. The molecule has 0 aliphatic rings. The third-order valence-corrected chi connectivity index (χ3v) is 3.63. The molecule has 0 unspecified atom stereocenters. The van der Waals surface area contributed by atoms with Gasteiger partial charge in [-0.05, 0) is 12.1 Å². The molecule has 0 aliphatic heterocycles. The number of hydrogen-bond donors (Lipinski definition) is 0. The smallest absolute Gasteiger partial charge is 0.203 e. The van der Waals surface area contributed by atoms with E-state index in [-0.39, 0.29) is 18.0 Å². The number of sulfone groups is 1. The van der Waals surface area contributed by atoms with Gasteiger partial charge in [-0.25, -0.2) is 8.42 Å². The number of Topliss-reactive ketones (excluding diaryl/α,β-unsaturated/α-hetero) is 1. The van der Waals surface area contributed by atoms with Gasteiger partial charge in [0.2, 0.25) is 5.75 Å². The van der Waals surface area contributed by atoms with Crippen LogP contribution >= 0.6 is 0 Å². The number of methoxy groups -OCH3 is 3. The van der Waals surface area contributed by atoms with Crippen molar-refractivity contribution in [3.8, 4) is 17.2 Å². The van der Waals surface area contributed by atoms with Crippen molar-refractivity contribution in [1.29, 1.82) is 0 Å². The molecule has 1 rings (SSSR count). The van der Waals surface area contributed by atoms with Gasteiger partial charge in [0, 0.05) is 18.2 Å². The molecule has 0 aliphatic carbocycles. The van der Waals surface area contributed by atoms with Gasteiger partial charge in [-0.2, -0.15) is 0 Å². The Bertz CT molecular complexity index is 566. The molecule has 6 nitrogen and oxygen atoms in total. The number of hydrogen-bond acceptors (Lipinski definition) is 6. The van der Waals surface area contributed by atoms with Crippen molar-refractivity contribution in [1.82, 2.24) is 0 Å². The highest BCUT2D eigenvalue weighted by molar-refractivity contribution is 7.90. The van der Waals surface area contributed by atoms with Crippen LogP contribution in [0.3, 0.4) is 0 Å². The third kappa shape index (κ3) is 4.12. The van der Waals surface area contributed by atoms with Crippen molar-refractivity contribution in [3.63, 3.8) is 0 Å². The lowest BCUT2D eigenvalue weighted by molar-refractivity contribution is 0.0988. The summed E-state index contributed by atoms with van der Waals surface area (Å²) in [6, 6.07) is 3.01. The van der Waals surface area contributed by atoms with Crippen LogP contribution in [0.25, 0.3) is 0 Å². The van der Waals surface area contributed by atoms with Crippen molar-refractivity contribution < 1.29 is 27.4 Å². The summed E-state index contributed by atoms with van der Waals surface area (Å²) in [5.74, 6) is 0.608. The SMILES string of the molecule is COc1cc(C(=O)CCS(C)(=O)=O)cc(OC)c1OC. The summed E-state index contributed by atoms with van der Waals surface area (Å²) in [6.45, 7) is 0. The molecule has 7 heteroatoms. The molecule has 112 valence electrons. The van der Waals surface area contributed by atoms with Crippen LogP contribution in [0.15, 0.2) is 12.1 Å². The van der Waals surface area contributed by atoms with Crippen molar-refractivity contribution in [3.05, 3.63) is 17.7 Å². The average Bonchev–Trinajstić information content (AvgIpc) is 2.42. The van der Waals surface area contributed by atoms with Gasteiger partial charge < -0.3 is 14.2 Å². The maximum atomic E-state index is 12.0. The summed E-state index contributed by atoms with van der Waals surface area (Å²) >= 11 is 0. The highest BCUT2D eigenvalue weighted by Gasteiger charge is 2.17. The third-order valence-electron chi connectivity index (χ3n) is 2.69. The van der Waals surface area contributed by atoms with E-state index in [0.717, 1.165) is 6.26 Å². The molecule has 0 atom stereocenters. The molecule has 20 heavy (non-hydrogen) atoms. The molecule has 1 aromatic rings. The Kier molecular flexibility index (Phi) is 5.38. The zero-order chi connectivity index (χ0) is 15.3. The average molecular weight is 302 g/mol. The molecule has 0 saturated heterocycles. The van der Waals surface area contributed by atoms with Crippen LogP contribution in [0.4, 0.5) is 0 Å². The lowest BCUT2D eigenvalue weighted by Gasteiger charge is -2.13. The first-order valence-corrected chi connectivity index (χ1v) is 7.89. The maximum absolute atomic E-state index is 12.0. The fraction of sp³-hybridized carbons (Fsp3) is 0.462. The predicted octanol–water partition coefficient (Wildman–Crippen LogP) is 1.33. The largest absolute Gasteiger partial charge is 0.493 e. The predicted molar refractivity (Wildman–Crippen MR) is 74.8 cm³/mol. The van der Waals surface area contributed by atoms with Crippen LogP contribution in [0.5, 0.6) is 17.2 Å². The lowest BCUT2D eigenvalue weighted by Crippen LogP contribution is -2.10. The Labute approximate surface area is 118 Å². The number of ketones is 1. The van der Waals surface area contributed by atoms with Crippen molar-refractivity contribution in [2.45, 2.75) is 6.42 Å². The number of benzene rings is 1. The van der Waals surface area contributed by atoms with E-state index in [2.05, 4.69) is 0 Å². The van der Waals surface area contributed by atoms with E-state index in [9.17, 15) is 13.2 Å². The zero-order valence-corrected chi connectivity index (χ0v) is 12.7. The van der Waals surface area contributed by atoms with Crippen LogP contribution in [0.1, 0.15) is 16.8 Å². The summed E-state index contributed by atoms with van der Waals surface area (Å²) < 4.78 is 37.6. The summed E-state index contributed by atoms with van der Waals surface area (Å²) in [6.07, 6.45) is 1.01. The number of carbonyl (C=O) groups is 1. The van der Waals surface area contributed by atoms with Crippen molar-refractivity contribution in [2.75, 3.05) is 33.3 Å². The highest BCUT2D eigenvalue weighted by Crippen LogP contribution is 2.38. The monoisotopic (exact) mass is 302 g/mol. The van der Waals surface area contributed by atoms with Gasteiger partial charge in [-0.1, -0.05) is 0 Å². The Balaban J connectivity index is 3.10. The van der Waals surface area contributed by atoms with Crippen LogP contribution in [-0.2, 0) is 9.84 Å². The Morgan fingerprint density at radius 1 is 1.05 bits per heavy atom. The summed E-state index contributed by atoms with van der Waals surface area (Å²) in [5, 5.41) is 0. The second kappa shape index (κ2) is 6.60. The van der Waals surface area contributed by atoms with E-state index in [0.29, 0.717) is 22.8 Å². The van der Waals surface area contributed by atoms with Gasteiger partial charge in [0.1, 0.15) is 9.84 Å². The zero-order valence-electron chi connectivity index (χ0n) is 11.9. The van der Waals surface area contributed by atoms with Crippen LogP contribution < -0.4 is 14.2 Å². The van der Waals surface area contributed by atoms with Crippen LogP contribution in [0.2, 0.25) is 0 Å². The van der Waals surface area contributed by atoms with E-state index in [1.54, 1.807) is 0 Å². The molecular formula is C13H18O6S. The van der Waals surface area contributed by atoms with Crippen molar-refractivity contribution >= 4 is 15.6 Å². The topological polar surface area (TPSA) is 78.9 Å². The molecule has 0 spiro atoms. The minimum atomic E-state index is -3.18. The minimum absolute atomic E-state index is 0.0858. The van der Waals surface area contributed by atoms with Gasteiger partial charge >= 0.3 is 0 Å². The van der Waals surface area contributed by atoms with E-state index >= 15 is 0 Å². The number of carbonyl (C=O) groups excluding carboxylic acids is 1. The van der Waals surface area contributed by atoms with Crippen molar-refractivity contribution in [2.24, 2.45) is 0 Å². The maximum Gasteiger partial charge on any atom is 0.203 e. The first kappa shape index (κ1) is 16.3. The van der Waals surface area contributed by atoms with E-state index in [4.69, 9.17) is 14.2 Å². The molecule has 0 saturated carbocycles. The molecular weight excluding hydrogens is 284 g/mol. The standard InChI is InChI=1S/C13H18O6S/c1-17-11-7-9(8-12(18-2)13(11)19-3)10(14)5-6-20(4,15)16/h7-8H,5-6H2,1-4H3. The Morgan fingerprint density at radius 2 is 1.55 bits per heavy atom. The Hall–Kier alpha value is -1.76. The van der Waals surface area contributed by atoms with Gasteiger partial charge in [0.25, 0.3) is 0 Å². The quantitative estimate of drug-likeness (QED) is 0.707. The fourth-order valence-corrected chi connectivity index (χ4v) is 2.22. The number of ether oxygens (including phenoxy) is 3. The minimum Gasteiger partial charge on any atom is -0.493 e. The molecule has 0 bridgehead atoms. The van der Waals surface area contributed by atoms with Crippen LogP contribution in [-0.4, -0.2) is 47.5 Å². The molecule has 0 amide bonds. The highest BCUT2D eigenvalue weighted by atomic mass is 32.2. The number of rotatable bonds is 7. The molecule has 0 fully saturated rings. The molecule has 0 radical (unpaired) electrons. The van der Waals surface area contributed by atoms with E-state index in [1.165, 1.54) is 33.5 Å². The van der Waals surface area contributed by atoms with Gasteiger partial charge in [-0.3, -0.25) is 4.79 Å². The summed E-state index contributed by atoms with van der Waals surface area (Å²) in [7, 11) is 1.18. The molecule has 0 N–H and O–H groups in total. The van der Waals surface area contributed by atoms with Gasteiger partial charge in [0.15, 0.2) is 17.3 Å². The summed E-state index contributed by atoms with van der Waals surface area (Å²) in [4.78, 5) is 12.0. The fourth-order valence-electron chi connectivity index (χ4n) is 1.66. The second-order valence-corrected chi connectivity index (χ2v) is 6.48. The Morgan fingerprint density at radius 3 is 1.90 bits per heavy atom. The van der Waals surface area contributed by atoms with Gasteiger partial charge in [0.05, 0.1) is 27.1 Å². The second-order valence-electron chi connectivity index (χ2n) is 4.22. The first-order chi connectivity index (χ1) is 9.32. The van der Waals surface area contributed by atoms with E-state index < -0.39 is 9.84 Å². The van der Waals surface area contributed by atoms with Crippen LogP contribution in [0, 0.1) is 0 Å². The normalized spacial score (nSPS) is 11.0. The summed E-state index contributed by atoms with van der Waals surface area (Å²) in [5.41, 5.74) is 0.322. The molecule has 0 aromatic heterocycles. The van der Waals surface area contributed by atoms with Gasteiger partial charge in [-0.15, -0.1) is 0 Å². The molecule has 0 heterocycles.